The van der Waals surface area contributed by atoms with Gasteiger partial charge in [-0.2, -0.15) is 5.10 Å². The monoisotopic (exact) mass is 482 g/mol. The van der Waals surface area contributed by atoms with Crippen LogP contribution in [0.3, 0.4) is 0 Å². The van der Waals surface area contributed by atoms with E-state index in [9.17, 15) is 19.7 Å². The average molecular weight is 482 g/mol. The van der Waals surface area contributed by atoms with Crippen LogP contribution in [0.2, 0.25) is 0 Å². The number of carbonyl (C=O) groups excluding carboxylic acids is 2. The quantitative estimate of drug-likeness (QED) is 0.292. The number of nitro groups is 1. The van der Waals surface area contributed by atoms with Crippen LogP contribution in [0, 0.1) is 17.0 Å². The molecule has 0 unspecified atom stereocenters. The van der Waals surface area contributed by atoms with Gasteiger partial charge < -0.3 is 9.73 Å². The fourth-order valence-corrected chi connectivity index (χ4v) is 4.43. The molecular formula is C27H22N4O5. The lowest BCUT2D eigenvalue weighted by Crippen LogP contribution is -2.22. The van der Waals surface area contributed by atoms with Crippen LogP contribution in [0.15, 0.2) is 76.2 Å². The van der Waals surface area contributed by atoms with Gasteiger partial charge in [-0.1, -0.05) is 36.4 Å². The Bertz CT molecular complexity index is 1530. The molecule has 0 atom stereocenters. The number of benzene rings is 3. The van der Waals surface area contributed by atoms with E-state index >= 15 is 0 Å². The summed E-state index contributed by atoms with van der Waals surface area (Å²) in [6, 6.07) is 18.8. The van der Waals surface area contributed by atoms with Gasteiger partial charge in [-0.3, -0.25) is 19.7 Å². The van der Waals surface area contributed by atoms with E-state index in [0.29, 0.717) is 35.6 Å². The van der Waals surface area contributed by atoms with Crippen LogP contribution in [0.1, 0.15) is 50.6 Å². The zero-order chi connectivity index (χ0) is 25.2. The summed E-state index contributed by atoms with van der Waals surface area (Å²) in [6.07, 6.45) is 2.03. The molecule has 2 amide bonds. The maximum atomic E-state index is 13.2. The number of nitrogens with zero attached hydrogens (tertiary/aromatic N) is 2. The second kappa shape index (κ2) is 9.46. The summed E-state index contributed by atoms with van der Waals surface area (Å²) in [5.41, 5.74) is 5.37. The molecule has 36 heavy (non-hydrogen) atoms. The van der Waals surface area contributed by atoms with E-state index in [1.54, 1.807) is 6.92 Å². The van der Waals surface area contributed by atoms with Gasteiger partial charge in [0.25, 0.3) is 17.5 Å². The van der Waals surface area contributed by atoms with E-state index in [-0.39, 0.29) is 22.9 Å². The molecule has 9 heteroatoms. The second-order valence-electron chi connectivity index (χ2n) is 8.49. The van der Waals surface area contributed by atoms with E-state index in [1.807, 2.05) is 42.5 Å². The predicted molar refractivity (Wildman–Crippen MR) is 135 cm³/mol. The summed E-state index contributed by atoms with van der Waals surface area (Å²) < 4.78 is 5.97. The first-order valence-electron chi connectivity index (χ1n) is 11.5. The molecule has 1 aliphatic rings. The molecule has 0 radical (unpaired) electrons. The lowest BCUT2D eigenvalue weighted by Gasteiger charge is -2.13. The number of amides is 2. The first-order chi connectivity index (χ1) is 17.4. The van der Waals surface area contributed by atoms with Crippen LogP contribution < -0.4 is 10.7 Å². The highest BCUT2D eigenvalue weighted by Gasteiger charge is 2.28. The summed E-state index contributed by atoms with van der Waals surface area (Å²) in [6.45, 7) is 1.80. The van der Waals surface area contributed by atoms with Gasteiger partial charge >= 0.3 is 0 Å². The molecular weight excluding hydrogens is 460 g/mol. The van der Waals surface area contributed by atoms with Gasteiger partial charge in [-0.25, -0.2) is 5.43 Å². The molecule has 0 fully saturated rings. The van der Waals surface area contributed by atoms with Gasteiger partial charge in [0.05, 0.1) is 10.6 Å². The van der Waals surface area contributed by atoms with Crippen molar-refractivity contribution in [3.8, 4) is 0 Å². The fourth-order valence-electron chi connectivity index (χ4n) is 4.43. The van der Waals surface area contributed by atoms with Crippen molar-refractivity contribution in [3.63, 3.8) is 0 Å². The standard InChI is InChI=1S/C27H22N4O5/c1-16-24-22(29-30-26(32)18-12-14-19(15-13-18)31(34)35)10-5-11-23(24)36-25(16)27(33)28-21-9-4-7-17-6-2-3-8-20(17)21/h2-4,6-9,12-15H,5,10-11H2,1H3,(H,28,33)(H,30,32)/b29-22+. The maximum Gasteiger partial charge on any atom is 0.291 e. The number of fused-ring (bicyclic) bond motifs is 2. The molecule has 5 rings (SSSR count). The van der Waals surface area contributed by atoms with Crippen molar-refractivity contribution < 1.29 is 18.9 Å². The lowest BCUT2D eigenvalue weighted by molar-refractivity contribution is -0.384. The number of hydrogen-bond donors (Lipinski definition) is 2. The summed E-state index contributed by atoms with van der Waals surface area (Å²) in [5, 5.41) is 20.0. The number of rotatable bonds is 5. The Morgan fingerprint density at radius 1 is 0.972 bits per heavy atom. The number of nitrogens with one attached hydrogen (secondary N) is 2. The molecule has 3 aromatic carbocycles. The Labute approximate surface area is 206 Å². The number of aryl methyl sites for hydroxylation is 1. The summed E-state index contributed by atoms with van der Waals surface area (Å²) in [4.78, 5) is 36.0. The summed E-state index contributed by atoms with van der Waals surface area (Å²) >= 11 is 0. The molecule has 0 saturated carbocycles. The molecule has 0 aliphatic heterocycles. The Morgan fingerprint density at radius 2 is 1.72 bits per heavy atom. The third-order valence-corrected chi connectivity index (χ3v) is 6.20. The second-order valence-corrected chi connectivity index (χ2v) is 8.49. The molecule has 4 aromatic rings. The first-order valence-corrected chi connectivity index (χ1v) is 11.5. The van der Waals surface area contributed by atoms with Crippen molar-refractivity contribution in [1.29, 1.82) is 0 Å². The van der Waals surface area contributed by atoms with Crippen LogP contribution in [-0.2, 0) is 6.42 Å². The molecule has 2 N–H and O–H groups in total. The van der Waals surface area contributed by atoms with Crippen molar-refractivity contribution in [1.82, 2.24) is 5.43 Å². The zero-order valence-corrected chi connectivity index (χ0v) is 19.4. The van der Waals surface area contributed by atoms with E-state index < -0.39 is 10.8 Å². The number of anilines is 1. The molecule has 9 nitrogen and oxygen atoms in total. The smallest absolute Gasteiger partial charge is 0.291 e. The fraction of sp³-hybridized carbons (Fsp3) is 0.148. The van der Waals surface area contributed by atoms with Crippen LogP contribution >= 0.6 is 0 Å². The minimum atomic E-state index is -0.527. The van der Waals surface area contributed by atoms with E-state index in [2.05, 4.69) is 15.8 Å². The zero-order valence-electron chi connectivity index (χ0n) is 19.4. The van der Waals surface area contributed by atoms with E-state index in [0.717, 1.165) is 22.8 Å². The van der Waals surface area contributed by atoms with Gasteiger partial charge in [-0.15, -0.1) is 0 Å². The minimum absolute atomic E-state index is 0.0990. The highest BCUT2D eigenvalue weighted by atomic mass is 16.6. The largest absolute Gasteiger partial charge is 0.455 e. The Balaban J connectivity index is 1.38. The van der Waals surface area contributed by atoms with Crippen molar-refractivity contribution in [2.75, 3.05) is 5.32 Å². The van der Waals surface area contributed by atoms with Gasteiger partial charge in [0.15, 0.2) is 5.76 Å². The number of furan rings is 1. The number of non-ortho nitro benzene ring substituents is 1. The Hall–Kier alpha value is -4.79. The molecule has 1 aromatic heterocycles. The molecule has 0 spiro atoms. The highest BCUT2D eigenvalue weighted by molar-refractivity contribution is 6.11. The van der Waals surface area contributed by atoms with E-state index in [1.165, 1.54) is 24.3 Å². The van der Waals surface area contributed by atoms with Crippen LogP contribution in [0.5, 0.6) is 0 Å². The normalized spacial score (nSPS) is 13.9. The van der Waals surface area contributed by atoms with Crippen LogP contribution in [0.4, 0.5) is 11.4 Å². The molecule has 0 bridgehead atoms. The molecule has 1 aliphatic carbocycles. The summed E-state index contributed by atoms with van der Waals surface area (Å²) in [7, 11) is 0. The van der Waals surface area contributed by atoms with Crippen molar-refractivity contribution in [2.24, 2.45) is 5.10 Å². The van der Waals surface area contributed by atoms with Crippen molar-refractivity contribution in [3.05, 3.63) is 105 Å². The Morgan fingerprint density at radius 3 is 2.50 bits per heavy atom. The SMILES string of the molecule is Cc1c(C(=O)Nc2cccc3ccccc23)oc2c1/C(=N/NC(=O)c1ccc([N+](=O)[O-])cc1)CCC2. The van der Waals surface area contributed by atoms with Crippen LogP contribution in [0.25, 0.3) is 10.8 Å². The molecule has 1 heterocycles. The Kier molecular flexibility index (Phi) is 6.03. The number of nitro benzene ring substituents is 1. The molecule has 0 saturated heterocycles. The third kappa shape index (κ3) is 4.34. The van der Waals surface area contributed by atoms with Crippen molar-refractivity contribution >= 4 is 39.7 Å². The third-order valence-electron chi connectivity index (χ3n) is 6.20. The number of hydrogen-bond acceptors (Lipinski definition) is 6. The van der Waals surface area contributed by atoms with Gasteiger partial charge in [0.1, 0.15) is 5.76 Å². The van der Waals surface area contributed by atoms with Crippen LogP contribution in [-0.4, -0.2) is 22.4 Å². The highest BCUT2D eigenvalue weighted by Crippen LogP contribution is 2.31. The lowest BCUT2D eigenvalue weighted by atomic mass is 9.93. The minimum Gasteiger partial charge on any atom is -0.455 e. The average Bonchev–Trinajstić information content (AvgIpc) is 3.24. The summed E-state index contributed by atoms with van der Waals surface area (Å²) in [5.74, 6) is 0.0292. The maximum absolute atomic E-state index is 13.2. The topological polar surface area (TPSA) is 127 Å². The van der Waals surface area contributed by atoms with Gasteiger partial charge in [0, 0.05) is 46.3 Å². The van der Waals surface area contributed by atoms with E-state index in [4.69, 9.17) is 4.42 Å². The molecule has 180 valence electrons. The predicted octanol–water partition coefficient (Wildman–Crippen LogP) is 5.37. The number of hydrazone groups is 1. The van der Waals surface area contributed by atoms with Gasteiger partial charge in [0.2, 0.25) is 0 Å². The van der Waals surface area contributed by atoms with Gasteiger partial charge in [-0.05, 0) is 43.4 Å². The first kappa shape index (κ1) is 23.0. The number of carbonyl (C=O) groups is 2. The van der Waals surface area contributed by atoms with Crippen molar-refractivity contribution in [2.45, 2.75) is 26.2 Å².